The van der Waals surface area contributed by atoms with Gasteiger partial charge in [0.1, 0.15) is 11.9 Å². The summed E-state index contributed by atoms with van der Waals surface area (Å²) in [6, 6.07) is 8.69. The number of nitrogens with zero attached hydrogens (tertiary/aromatic N) is 2. The summed E-state index contributed by atoms with van der Waals surface area (Å²) in [7, 11) is 2.17. The summed E-state index contributed by atoms with van der Waals surface area (Å²) in [5.41, 5.74) is 1.38. The van der Waals surface area contributed by atoms with Crippen LogP contribution in [0.4, 0.5) is 0 Å². The number of rotatable bonds is 4. The third kappa shape index (κ3) is 4.43. The first-order valence-electron chi connectivity index (χ1n) is 8.17. The van der Waals surface area contributed by atoms with Gasteiger partial charge in [0, 0.05) is 39.3 Å². The topological polar surface area (TPSA) is 27.7 Å². The molecule has 21 heavy (non-hydrogen) atoms. The van der Waals surface area contributed by atoms with E-state index in [1.807, 2.05) is 0 Å². The molecule has 0 amide bonds. The van der Waals surface area contributed by atoms with Gasteiger partial charge in [0.25, 0.3) is 0 Å². The number of hydrogen-bond donors (Lipinski definition) is 1. The molecule has 1 atom stereocenters. The van der Waals surface area contributed by atoms with E-state index in [9.17, 15) is 0 Å². The van der Waals surface area contributed by atoms with Gasteiger partial charge < -0.3 is 15.0 Å². The molecule has 3 rings (SSSR count). The zero-order chi connectivity index (χ0) is 14.5. The van der Waals surface area contributed by atoms with Crippen molar-refractivity contribution >= 4 is 0 Å². The van der Waals surface area contributed by atoms with Gasteiger partial charge in [-0.05, 0) is 44.1 Å². The first-order chi connectivity index (χ1) is 10.3. The Labute approximate surface area is 128 Å². The van der Waals surface area contributed by atoms with Gasteiger partial charge in [-0.3, -0.25) is 4.90 Å². The fourth-order valence-electron chi connectivity index (χ4n) is 3.21. The molecule has 2 heterocycles. The minimum Gasteiger partial charge on any atom is -0.489 e. The van der Waals surface area contributed by atoms with E-state index in [-0.39, 0.29) is 0 Å². The van der Waals surface area contributed by atoms with Gasteiger partial charge in [0.05, 0.1) is 0 Å². The molecule has 1 unspecified atom stereocenters. The van der Waals surface area contributed by atoms with Gasteiger partial charge in [-0.25, -0.2) is 0 Å². The summed E-state index contributed by atoms with van der Waals surface area (Å²) in [5.74, 6) is 1.01. The summed E-state index contributed by atoms with van der Waals surface area (Å²) in [4.78, 5) is 4.86. The second kappa shape index (κ2) is 7.25. The van der Waals surface area contributed by atoms with E-state index in [1.165, 1.54) is 24.9 Å². The summed E-state index contributed by atoms with van der Waals surface area (Å²) in [6.07, 6.45) is 2.76. The van der Waals surface area contributed by atoms with Crippen molar-refractivity contribution < 1.29 is 4.74 Å². The average molecular weight is 289 g/mol. The van der Waals surface area contributed by atoms with Crippen molar-refractivity contribution in [3.05, 3.63) is 29.8 Å². The predicted molar refractivity (Wildman–Crippen MR) is 85.7 cm³/mol. The number of piperidine rings is 1. The van der Waals surface area contributed by atoms with Crippen LogP contribution in [0.5, 0.6) is 5.75 Å². The molecule has 2 fully saturated rings. The Balaban J connectivity index is 1.51. The molecular weight excluding hydrogens is 262 g/mol. The van der Waals surface area contributed by atoms with E-state index in [0.717, 1.165) is 45.0 Å². The van der Waals surface area contributed by atoms with Crippen molar-refractivity contribution in [3.8, 4) is 5.75 Å². The normalized spacial score (nSPS) is 24.9. The lowest BCUT2D eigenvalue weighted by atomic mass is 10.1. The number of benzene rings is 1. The van der Waals surface area contributed by atoms with Crippen LogP contribution in [0.2, 0.25) is 0 Å². The maximum Gasteiger partial charge on any atom is 0.119 e. The fraction of sp³-hybridized carbons (Fsp3) is 0.647. The standard InChI is InChI=1S/C17H27N3O/c1-19-10-2-3-17(14-19)21-16-6-4-15(5-7-16)13-20-11-8-18-9-12-20/h4-7,17-18H,2-3,8-14H2,1H3. The molecule has 0 radical (unpaired) electrons. The Kier molecular flexibility index (Phi) is 5.12. The second-order valence-corrected chi connectivity index (χ2v) is 6.31. The summed E-state index contributed by atoms with van der Waals surface area (Å²) in [5, 5.41) is 3.39. The SMILES string of the molecule is CN1CCCC(Oc2ccc(CN3CCNCC3)cc2)C1. The quantitative estimate of drug-likeness (QED) is 0.910. The van der Waals surface area contributed by atoms with E-state index in [1.54, 1.807) is 0 Å². The Morgan fingerprint density at radius 3 is 2.62 bits per heavy atom. The number of ether oxygens (including phenoxy) is 1. The number of hydrogen-bond acceptors (Lipinski definition) is 4. The highest BCUT2D eigenvalue weighted by Crippen LogP contribution is 2.19. The molecule has 0 saturated carbocycles. The maximum absolute atomic E-state index is 6.11. The van der Waals surface area contributed by atoms with E-state index in [0.29, 0.717) is 6.10 Å². The molecule has 0 bridgehead atoms. The first kappa shape index (κ1) is 14.8. The van der Waals surface area contributed by atoms with Crippen molar-refractivity contribution in [2.75, 3.05) is 46.3 Å². The van der Waals surface area contributed by atoms with E-state index in [2.05, 4.69) is 46.4 Å². The summed E-state index contributed by atoms with van der Waals surface area (Å²) in [6.45, 7) is 7.80. The molecule has 1 aromatic rings. The molecule has 0 spiro atoms. The van der Waals surface area contributed by atoms with Crippen LogP contribution in [0, 0.1) is 0 Å². The lowest BCUT2D eigenvalue weighted by Crippen LogP contribution is -2.42. The third-order valence-corrected chi connectivity index (χ3v) is 4.42. The largest absolute Gasteiger partial charge is 0.489 e. The molecule has 0 aromatic heterocycles. The first-order valence-corrected chi connectivity index (χ1v) is 8.17. The van der Waals surface area contributed by atoms with Gasteiger partial charge in [-0.2, -0.15) is 0 Å². The monoisotopic (exact) mass is 289 g/mol. The van der Waals surface area contributed by atoms with Crippen LogP contribution >= 0.6 is 0 Å². The summed E-state index contributed by atoms with van der Waals surface area (Å²) >= 11 is 0. The Hall–Kier alpha value is -1.10. The minimum absolute atomic E-state index is 0.350. The Bertz CT molecular complexity index is 428. The second-order valence-electron chi connectivity index (χ2n) is 6.31. The lowest BCUT2D eigenvalue weighted by molar-refractivity contribution is 0.104. The predicted octanol–water partition coefficient (Wildman–Crippen LogP) is 1.56. The highest BCUT2D eigenvalue weighted by atomic mass is 16.5. The molecule has 4 nitrogen and oxygen atoms in total. The molecule has 2 aliphatic rings. The molecule has 1 aromatic carbocycles. The van der Waals surface area contributed by atoms with Crippen LogP contribution in [0.3, 0.4) is 0 Å². The molecule has 0 aliphatic carbocycles. The average Bonchev–Trinajstić information content (AvgIpc) is 2.50. The van der Waals surface area contributed by atoms with E-state index >= 15 is 0 Å². The third-order valence-electron chi connectivity index (χ3n) is 4.42. The van der Waals surface area contributed by atoms with Crippen molar-refractivity contribution in [1.82, 2.24) is 15.1 Å². The summed E-state index contributed by atoms with van der Waals surface area (Å²) < 4.78 is 6.11. The van der Waals surface area contributed by atoms with Crippen LogP contribution in [-0.2, 0) is 6.54 Å². The van der Waals surface area contributed by atoms with E-state index in [4.69, 9.17) is 4.74 Å². The molecule has 4 heteroatoms. The van der Waals surface area contributed by atoms with Crippen molar-refractivity contribution in [3.63, 3.8) is 0 Å². The van der Waals surface area contributed by atoms with Crippen molar-refractivity contribution in [1.29, 1.82) is 0 Å². The molecular formula is C17H27N3O. The number of piperazine rings is 1. The number of likely N-dealkylation sites (N-methyl/N-ethyl adjacent to an activating group) is 1. The van der Waals surface area contributed by atoms with Gasteiger partial charge >= 0.3 is 0 Å². The Morgan fingerprint density at radius 2 is 1.90 bits per heavy atom. The maximum atomic E-state index is 6.11. The van der Waals surface area contributed by atoms with Crippen molar-refractivity contribution in [2.45, 2.75) is 25.5 Å². The van der Waals surface area contributed by atoms with Gasteiger partial charge in [-0.1, -0.05) is 12.1 Å². The van der Waals surface area contributed by atoms with Crippen LogP contribution in [0.25, 0.3) is 0 Å². The molecule has 2 saturated heterocycles. The zero-order valence-electron chi connectivity index (χ0n) is 13.1. The smallest absolute Gasteiger partial charge is 0.119 e. The van der Waals surface area contributed by atoms with Crippen molar-refractivity contribution in [2.24, 2.45) is 0 Å². The molecule has 1 N–H and O–H groups in total. The van der Waals surface area contributed by atoms with Gasteiger partial charge in [0.2, 0.25) is 0 Å². The number of likely N-dealkylation sites (tertiary alicyclic amines) is 1. The highest BCUT2D eigenvalue weighted by molar-refractivity contribution is 5.27. The van der Waals surface area contributed by atoms with Gasteiger partial charge in [-0.15, -0.1) is 0 Å². The zero-order valence-corrected chi connectivity index (χ0v) is 13.1. The molecule has 116 valence electrons. The highest BCUT2D eigenvalue weighted by Gasteiger charge is 2.18. The molecule has 2 aliphatic heterocycles. The van der Waals surface area contributed by atoms with Crippen LogP contribution in [0.15, 0.2) is 24.3 Å². The van der Waals surface area contributed by atoms with Crippen LogP contribution in [-0.4, -0.2) is 62.2 Å². The van der Waals surface area contributed by atoms with Crippen LogP contribution in [0.1, 0.15) is 18.4 Å². The van der Waals surface area contributed by atoms with Crippen LogP contribution < -0.4 is 10.1 Å². The lowest BCUT2D eigenvalue weighted by Gasteiger charge is -2.30. The fourth-order valence-corrected chi connectivity index (χ4v) is 3.21. The Morgan fingerprint density at radius 1 is 1.14 bits per heavy atom. The number of nitrogens with one attached hydrogen (secondary N) is 1. The van der Waals surface area contributed by atoms with E-state index < -0.39 is 0 Å². The van der Waals surface area contributed by atoms with Gasteiger partial charge in [0.15, 0.2) is 0 Å². The minimum atomic E-state index is 0.350.